The largest absolute Gasteiger partial charge is 0.497 e. The number of aromatic nitrogens is 1. The SMILES string of the molecule is CCCC(=O)C[C@@H]1N=C(c2ccc(F)cc2)c2cc(OC)ccc2-c2cn(C)c(=O)cc21. The average molecular weight is 432 g/mol. The Balaban J connectivity index is 2.02. The van der Waals surface area contributed by atoms with Gasteiger partial charge in [-0.15, -0.1) is 0 Å². The number of benzene rings is 2. The molecule has 1 atom stereocenters. The van der Waals surface area contributed by atoms with Crippen molar-refractivity contribution in [3.63, 3.8) is 0 Å². The van der Waals surface area contributed by atoms with Crippen LogP contribution < -0.4 is 10.3 Å². The van der Waals surface area contributed by atoms with E-state index in [1.807, 2.05) is 25.1 Å². The third-order valence-electron chi connectivity index (χ3n) is 5.74. The fourth-order valence-corrected chi connectivity index (χ4v) is 4.11. The Morgan fingerprint density at radius 2 is 1.84 bits per heavy atom. The standard InChI is InChI=1S/C26H25FN2O3/c1-4-5-18(30)12-24-21-14-25(31)29(2)15-23(21)20-11-10-19(32-3)13-22(20)26(28-24)16-6-8-17(27)9-7-16/h6-11,13-15,24H,4-5,12H2,1-3H3/t24-/m0/s1. The number of aliphatic imine (C=N–C) groups is 1. The van der Waals surface area contributed by atoms with Crippen LogP contribution in [-0.4, -0.2) is 23.2 Å². The minimum absolute atomic E-state index is 0.0925. The number of methoxy groups -OCH3 is 1. The number of hydrogen-bond acceptors (Lipinski definition) is 4. The van der Waals surface area contributed by atoms with E-state index in [0.717, 1.165) is 34.2 Å². The third-order valence-corrected chi connectivity index (χ3v) is 5.74. The molecule has 0 radical (unpaired) electrons. The van der Waals surface area contributed by atoms with Crippen molar-refractivity contribution in [3.8, 4) is 16.9 Å². The summed E-state index contributed by atoms with van der Waals surface area (Å²) in [5.41, 5.74) is 4.47. The molecule has 1 aliphatic heterocycles. The first-order valence-electron chi connectivity index (χ1n) is 10.7. The third kappa shape index (κ3) is 4.13. The molecule has 0 saturated carbocycles. The first-order valence-corrected chi connectivity index (χ1v) is 10.7. The zero-order valence-electron chi connectivity index (χ0n) is 18.4. The zero-order chi connectivity index (χ0) is 22.8. The van der Waals surface area contributed by atoms with Crippen molar-refractivity contribution in [1.82, 2.24) is 4.57 Å². The van der Waals surface area contributed by atoms with Crippen LogP contribution in [0.25, 0.3) is 11.1 Å². The first kappa shape index (κ1) is 21.7. The summed E-state index contributed by atoms with van der Waals surface area (Å²) in [4.78, 5) is 30.1. The van der Waals surface area contributed by atoms with E-state index in [1.54, 1.807) is 38.6 Å². The van der Waals surface area contributed by atoms with Crippen LogP contribution in [0.3, 0.4) is 0 Å². The highest BCUT2D eigenvalue weighted by Gasteiger charge is 2.27. The topological polar surface area (TPSA) is 60.7 Å². The molecular formula is C26H25FN2O3. The van der Waals surface area contributed by atoms with Crippen molar-refractivity contribution in [3.05, 3.63) is 87.6 Å². The molecule has 0 bridgehead atoms. The molecule has 0 amide bonds. The number of Topliss-reactive ketones (excluding diaryl/α,β-unsaturated/α-hetero) is 1. The Bertz CT molecular complexity index is 1260. The summed E-state index contributed by atoms with van der Waals surface area (Å²) in [5.74, 6) is 0.412. The Morgan fingerprint density at radius 1 is 1.09 bits per heavy atom. The second-order valence-electron chi connectivity index (χ2n) is 8.00. The Kier molecular flexibility index (Phi) is 6.04. The lowest BCUT2D eigenvalue weighted by atomic mass is 9.91. The molecule has 0 aliphatic carbocycles. The first-order chi connectivity index (χ1) is 15.4. The van der Waals surface area contributed by atoms with Crippen molar-refractivity contribution in [1.29, 1.82) is 0 Å². The maximum atomic E-state index is 13.6. The van der Waals surface area contributed by atoms with Crippen LogP contribution in [0.2, 0.25) is 0 Å². The molecule has 1 aliphatic rings. The smallest absolute Gasteiger partial charge is 0.250 e. The predicted molar refractivity (Wildman–Crippen MR) is 123 cm³/mol. The van der Waals surface area contributed by atoms with Gasteiger partial charge in [0.15, 0.2) is 0 Å². The minimum atomic E-state index is -0.517. The lowest BCUT2D eigenvalue weighted by molar-refractivity contribution is -0.119. The maximum absolute atomic E-state index is 13.6. The highest BCUT2D eigenvalue weighted by atomic mass is 19.1. The summed E-state index contributed by atoms with van der Waals surface area (Å²) in [6.07, 6.45) is 3.20. The molecule has 0 N–H and O–H groups in total. The predicted octanol–water partition coefficient (Wildman–Crippen LogP) is 4.85. The number of hydrogen-bond donors (Lipinski definition) is 0. The van der Waals surface area contributed by atoms with Crippen molar-refractivity contribution in [2.24, 2.45) is 12.0 Å². The van der Waals surface area contributed by atoms with E-state index in [1.165, 1.54) is 16.7 Å². The number of aryl methyl sites for hydroxylation is 1. The number of halogens is 1. The molecule has 0 fully saturated rings. The van der Waals surface area contributed by atoms with Crippen LogP contribution in [0.5, 0.6) is 5.75 Å². The molecule has 164 valence electrons. The van der Waals surface area contributed by atoms with Crippen LogP contribution in [0.15, 0.2) is 64.5 Å². The molecular weight excluding hydrogens is 407 g/mol. The normalized spacial score (nSPS) is 14.8. The number of nitrogens with zero attached hydrogens (tertiary/aromatic N) is 2. The molecule has 0 unspecified atom stereocenters. The number of carbonyl (C=O) groups is 1. The van der Waals surface area contributed by atoms with Gasteiger partial charge in [-0.3, -0.25) is 14.6 Å². The summed E-state index contributed by atoms with van der Waals surface area (Å²) < 4.78 is 20.6. The fourth-order valence-electron chi connectivity index (χ4n) is 4.11. The molecule has 2 aromatic carbocycles. The summed E-state index contributed by atoms with van der Waals surface area (Å²) >= 11 is 0. The number of ketones is 1. The van der Waals surface area contributed by atoms with Gasteiger partial charge in [-0.1, -0.05) is 6.92 Å². The molecule has 4 rings (SSSR count). The van der Waals surface area contributed by atoms with E-state index in [0.29, 0.717) is 17.9 Å². The Labute approximate surface area is 186 Å². The van der Waals surface area contributed by atoms with Crippen molar-refractivity contribution in [2.75, 3.05) is 7.11 Å². The van der Waals surface area contributed by atoms with E-state index in [2.05, 4.69) is 0 Å². The molecule has 0 spiro atoms. The van der Waals surface area contributed by atoms with Gasteiger partial charge in [0, 0.05) is 48.8 Å². The molecule has 5 nitrogen and oxygen atoms in total. The van der Waals surface area contributed by atoms with Gasteiger partial charge in [0.1, 0.15) is 17.3 Å². The number of fused-ring (bicyclic) bond motifs is 3. The summed E-state index contributed by atoms with van der Waals surface area (Å²) in [7, 11) is 3.30. The lowest BCUT2D eigenvalue weighted by Gasteiger charge is -2.16. The lowest BCUT2D eigenvalue weighted by Crippen LogP contribution is -2.18. The van der Waals surface area contributed by atoms with Crippen LogP contribution >= 0.6 is 0 Å². The zero-order valence-corrected chi connectivity index (χ0v) is 18.4. The molecule has 2 heterocycles. The summed E-state index contributed by atoms with van der Waals surface area (Å²) in [6.45, 7) is 1.96. The number of pyridine rings is 1. The van der Waals surface area contributed by atoms with Crippen molar-refractivity contribution >= 4 is 11.5 Å². The van der Waals surface area contributed by atoms with E-state index < -0.39 is 6.04 Å². The Hall–Kier alpha value is -3.54. The van der Waals surface area contributed by atoms with Crippen LogP contribution in [0, 0.1) is 5.82 Å². The number of ether oxygens (including phenoxy) is 1. The average Bonchev–Trinajstić information content (AvgIpc) is 2.90. The maximum Gasteiger partial charge on any atom is 0.250 e. The van der Waals surface area contributed by atoms with E-state index in [9.17, 15) is 14.0 Å². The molecule has 32 heavy (non-hydrogen) atoms. The number of carbonyl (C=O) groups excluding carboxylic acids is 1. The van der Waals surface area contributed by atoms with Gasteiger partial charge in [0.05, 0.1) is 18.9 Å². The number of rotatable bonds is 6. The van der Waals surface area contributed by atoms with Gasteiger partial charge in [0.25, 0.3) is 5.56 Å². The molecule has 6 heteroatoms. The van der Waals surface area contributed by atoms with Gasteiger partial charge < -0.3 is 9.30 Å². The van der Waals surface area contributed by atoms with E-state index in [4.69, 9.17) is 9.73 Å². The van der Waals surface area contributed by atoms with Gasteiger partial charge in [-0.05, 0) is 60.0 Å². The summed E-state index contributed by atoms with van der Waals surface area (Å²) in [5, 5.41) is 0. The minimum Gasteiger partial charge on any atom is -0.497 e. The van der Waals surface area contributed by atoms with Crippen molar-refractivity contribution in [2.45, 2.75) is 32.2 Å². The molecule has 3 aromatic rings. The van der Waals surface area contributed by atoms with Crippen molar-refractivity contribution < 1.29 is 13.9 Å². The highest BCUT2D eigenvalue weighted by Crippen LogP contribution is 2.39. The van der Waals surface area contributed by atoms with Crippen LogP contribution in [0.4, 0.5) is 4.39 Å². The van der Waals surface area contributed by atoms with E-state index >= 15 is 0 Å². The Morgan fingerprint density at radius 3 is 2.53 bits per heavy atom. The molecule has 1 aromatic heterocycles. The second-order valence-corrected chi connectivity index (χ2v) is 8.00. The molecule has 0 saturated heterocycles. The van der Waals surface area contributed by atoms with Crippen LogP contribution in [0.1, 0.15) is 48.9 Å². The van der Waals surface area contributed by atoms with Gasteiger partial charge >= 0.3 is 0 Å². The monoisotopic (exact) mass is 432 g/mol. The second kappa shape index (κ2) is 8.91. The highest BCUT2D eigenvalue weighted by molar-refractivity contribution is 6.17. The van der Waals surface area contributed by atoms with E-state index in [-0.39, 0.29) is 23.6 Å². The van der Waals surface area contributed by atoms with Crippen LogP contribution in [-0.2, 0) is 11.8 Å². The quantitative estimate of drug-likeness (QED) is 0.559. The summed E-state index contributed by atoms with van der Waals surface area (Å²) in [6, 6.07) is 12.9. The van der Waals surface area contributed by atoms with Gasteiger partial charge in [-0.25, -0.2) is 4.39 Å². The fraction of sp³-hybridized carbons (Fsp3) is 0.269. The van der Waals surface area contributed by atoms with Gasteiger partial charge in [-0.2, -0.15) is 0 Å². The van der Waals surface area contributed by atoms with Gasteiger partial charge in [0.2, 0.25) is 0 Å².